The average molecular weight is 347 g/mol. The summed E-state index contributed by atoms with van der Waals surface area (Å²) in [6, 6.07) is 6.64. The van der Waals surface area contributed by atoms with Crippen LogP contribution in [0.1, 0.15) is 12.6 Å². The molecule has 4 aromatic rings. The largest absolute Gasteiger partial charge is 0.368 e. The van der Waals surface area contributed by atoms with Gasteiger partial charge in [-0.25, -0.2) is 13.9 Å². The number of nitrogens with zero attached hydrogens (tertiary/aromatic N) is 5. The number of aromatic nitrogens is 4. The van der Waals surface area contributed by atoms with Crippen LogP contribution in [0.2, 0.25) is 0 Å². The molecule has 0 bridgehead atoms. The molecule has 1 aromatic carbocycles. The number of anilines is 1. The van der Waals surface area contributed by atoms with Gasteiger partial charge in [-0.3, -0.25) is 4.98 Å². The highest BCUT2D eigenvalue weighted by Gasteiger charge is 2.23. The van der Waals surface area contributed by atoms with Crippen LogP contribution in [0, 0.1) is 18.7 Å². The molecular formula is C20H18FN5. The van der Waals surface area contributed by atoms with Crippen LogP contribution in [0.25, 0.3) is 27.7 Å². The van der Waals surface area contributed by atoms with Crippen molar-refractivity contribution in [3.63, 3.8) is 0 Å². The second kappa shape index (κ2) is 5.49. The SMILES string of the molecule is Cc1cc(-c2cnn3cc(N4CC(C)C4)cnc23)c2cc(F)ccc2n1. The van der Waals surface area contributed by atoms with E-state index >= 15 is 0 Å². The molecule has 0 N–H and O–H groups in total. The minimum absolute atomic E-state index is 0.275. The summed E-state index contributed by atoms with van der Waals surface area (Å²) in [6.45, 7) is 6.28. The lowest BCUT2D eigenvalue weighted by molar-refractivity contribution is 0.446. The van der Waals surface area contributed by atoms with Crippen LogP contribution in [0.5, 0.6) is 0 Å². The van der Waals surface area contributed by atoms with E-state index in [1.54, 1.807) is 16.8 Å². The molecule has 0 atom stereocenters. The van der Waals surface area contributed by atoms with Crippen molar-refractivity contribution < 1.29 is 4.39 Å². The lowest BCUT2D eigenvalue weighted by Gasteiger charge is -2.38. The highest BCUT2D eigenvalue weighted by Crippen LogP contribution is 2.32. The number of halogens is 1. The zero-order valence-electron chi connectivity index (χ0n) is 14.6. The summed E-state index contributed by atoms with van der Waals surface area (Å²) in [5, 5.41) is 5.26. The van der Waals surface area contributed by atoms with Crippen molar-refractivity contribution in [3.05, 3.63) is 54.4 Å². The Bertz CT molecular complexity index is 1140. The maximum atomic E-state index is 13.8. The van der Waals surface area contributed by atoms with Gasteiger partial charge in [0.2, 0.25) is 0 Å². The van der Waals surface area contributed by atoms with E-state index in [0.29, 0.717) is 0 Å². The number of aryl methyl sites for hydroxylation is 1. The Kier molecular flexibility index (Phi) is 3.22. The van der Waals surface area contributed by atoms with E-state index in [0.717, 1.165) is 58.1 Å². The topological polar surface area (TPSA) is 46.3 Å². The second-order valence-corrected chi connectivity index (χ2v) is 7.12. The van der Waals surface area contributed by atoms with Gasteiger partial charge in [0.1, 0.15) is 5.82 Å². The summed E-state index contributed by atoms with van der Waals surface area (Å²) in [7, 11) is 0. The molecule has 26 heavy (non-hydrogen) atoms. The third-order valence-electron chi connectivity index (χ3n) is 4.96. The minimum Gasteiger partial charge on any atom is -0.368 e. The molecule has 6 heteroatoms. The average Bonchev–Trinajstić information content (AvgIpc) is 3.01. The van der Waals surface area contributed by atoms with E-state index < -0.39 is 0 Å². The van der Waals surface area contributed by atoms with Crippen molar-refractivity contribution in [2.45, 2.75) is 13.8 Å². The van der Waals surface area contributed by atoms with Crippen molar-refractivity contribution >= 4 is 22.2 Å². The van der Waals surface area contributed by atoms with E-state index in [9.17, 15) is 4.39 Å². The van der Waals surface area contributed by atoms with Gasteiger partial charge in [0.15, 0.2) is 5.65 Å². The summed E-state index contributed by atoms with van der Waals surface area (Å²) >= 11 is 0. The molecule has 0 radical (unpaired) electrons. The van der Waals surface area contributed by atoms with Crippen LogP contribution in [0.15, 0.2) is 42.9 Å². The van der Waals surface area contributed by atoms with Gasteiger partial charge in [-0.05, 0) is 42.7 Å². The molecule has 0 unspecified atom stereocenters. The summed E-state index contributed by atoms with van der Waals surface area (Å²) in [4.78, 5) is 11.4. The first kappa shape index (κ1) is 15.3. The van der Waals surface area contributed by atoms with Crippen LogP contribution in [0.4, 0.5) is 10.1 Å². The van der Waals surface area contributed by atoms with E-state index in [2.05, 4.69) is 26.9 Å². The first-order chi connectivity index (χ1) is 12.6. The van der Waals surface area contributed by atoms with Crippen molar-refractivity contribution in [1.29, 1.82) is 0 Å². The molecule has 5 nitrogen and oxygen atoms in total. The maximum absolute atomic E-state index is 13.8. The van der Waals surface area contributed by atoms with Crippen LogP contribution in [-0.2, 0) is 0 Å². The van der Waals surface area contributed by atoms with Gasteiger partial charge >= 0.3 is 0 Å². The van der Waals surface area contributed by atoms with E-state index in [-0.39, 0.29) is 5.82 Å². The van der Waals surface area contributed by atoms with E-state index in [1.807, 2.05) is 25.4 Å². The molecule has 5 rings (SSSR count). The molecular weight excluding hydrogens is 329 g/mol. The molecule has 3 aromatic heterocycles. The fraction of sp³-hybridized carbons (Fsp3) is 0.250. The smallest absolute Gasteiger partial charge is 0.162 e. The molecule has 0 saturated carbocycles. The van der Waals surface area contributed by atoms with Gasteiger partial charge in [-0.2, -0.15) is 5.10 Å². The molecule has 1 saturated heterocycles. The summed E-state index contributed by atoms with van der Waals surface area (Å²) in [5.41, 5.74) is 5.27. The molecule has 0 amide bonds. The Morgan fingerprint density at radius 2 is 1.96 bits per heavy atom. The molecule has 1 fully saturated rings. The second-order valence-electron chi connectivity index (χ2n) is 7.12. The van der Waals surface area contributed by atoms with Crippen molar-refractivity contribution in [1.82, 2.24) is 19.6 Å². The number of pyridine rings is 1. The summed E-state index contributed by atoms with van der Waals surface area (Å²) in [6.07, 6.45) is 5.70. The highest BCUT2D eigenvalue weighted by atomic mass is 19.1. The van der Waals surface area contributed by atoms with Gasteiger partial charge in [0, 0.05) is 29.7 Å². The van der Waals surface area contributed by atoms with Crippen LogP contribution < -0.4 is 4.90 Å². The third kappa shape index (κ3) is 2.33. The van der Waals surface area contributed by atoms with Crippen molar-refractivity contribution in [2.24, 2.45) is 5.92 Å². The number of hydrogen-bond acceptors (Lipinski definition) is 4. The summed E-state index contributed by atoms with van der Waals surface area (Å²) in [5.74, 6) is 0.447. The molecule has 1 aliphatic heterocycles. The van der Waals surface area contributed by atoms with Crippen molar-refractivity contribution in [3.8, 4) is 11.1 Å². The van der Waals surface area contributed by atoms with Gasteiger partial charge in [-0.1, -0.05) is 6.92 Å². The fourth-order valence-electron chi connectivity index (χ4n) is 3.68. The summed E-state index contributed by atoms with van der Waals surface area (Å²) < 4.78 is 15.6. The zero-order valence-corrected chi connectivity index (χ0v) is 14.6. The van der Waals surface area contributed by atoms with E-state index in [4.69, 9.17) is 0 Å². The predicted molar refractivity (Wildman–Crippen MR) is 99.8 cm³/mol. The molecule has 0 spiro atoms. The Labute approximate surface area is 150 Å². The van der Waals surface area contributed by atoms with Gasteiger partial charge in [0.05, 0.1) is 29.8 Å². The lowest BCUT2D eigenvalue weighted by atomic mass is 10.0. The first-order valence-electron chi connectivity index (χ1n) is 8.74. The molecule has 1 aliphatic rings. The van der Waals surface area contributed by atoms with Crippen molar-refractivity contribution in [2.75, 3.05) is 18.0 Å². The maximum Gasteiger partial charge on any atom is 0.162 e. The van der Waals surface area contributed by atoms with Gasteiger partial charge in [-0.15, -0.1) is 0 Å². The number of rotatable bonds is 2. The highest BCUT2D eigenvalue weighted by molar-refractivity contribution is 5.98. The molecule has 130 valence electrons. The quantitative estimate of drug-likeness (QED) is 0.553. The number of benzene rings is 1. The van der Waals surface area contributed by atoms with E-state index in [1.165, 1.54) is 12.1 Å². The Morgan fingerprint density at radius 1 is 1.12 bits per heavy atom. The van der Waals surface area contributed by atoms with Crippen LogP contribution in [0.3, 0.4) is 0 Å². The fourth-order valence-corrected chi connectivity index (χ4v) is 3.68. The standard InChI is InChI=1S/C20H18FN5/c1-12-9-25(10-12)15-7-22-20-18(8-23-26(20)11-15)16-5-13(2)24-19-4-3-14(21)6-17(16)19/h3-8,11-12H,9-10H2,1-2H3. The van der Waals surface area contributed by atoms with Crippen LogP contribution >= 0.6 is 0 Å². The monoisotopic (exact) mass is 347 g/mol. The minimum atomic E-state index is -0.275. The third-order valence-corrected chi connectivity index (χ3v) is 4.96. The first-order valence-corrected chi connectivity index (χ1v) is 8.74. The number of fused-ring (bicyclic) bond motifs is 2. The van der Waals surface area contributed by atoms with Gasteiger partial charge < -0.3 is 4.90 Å². The Balaban J connectivity index is 1.68. The van der Waals surface area contributed by atoms with Gasteiger partial charge in [0.25, 0.3) is 0 Å². The zero-order chi connectivity index (χ0) is 17.8. The molecule has 4 heterocycles. The molecule has 0 aliphatic carbocycles. The Morgan fingerprint density at radius 3 is 2.77 bits per heavy atom. The lowest BCUT2D eigenvalue weighted by Crippen LogP contribution is -2.45. The number of hydrogen-bond donors (Lipinski definition) is 0. The van der Waals surface area contributed by atoms with Crippen LogP contribution in [-0.4, -0.2) is 32.7 Å². The Hall–Kier alpha value is -3.02. The normalized spacial score (nSPS) is 15.0. The predicted octanol–water partition coefficient (Wildman–Crippen LogP) is 3.85.